The van der Waals surface area contributed by atoms with Gasteiger partial charge in [-0.3, -0.25) is 0 Å². The third-order valence-corrected chi connectivity index (χ3v) is 2.53. The fourth-order valence-electron chi connectivity index (χ4n) is 0.700. The molecule has 0 saturated carbocycles. The topological polar surface area (TPSA) is 86.6 Å². The molecule has 0 amide bonds. The van der Waals surface area contributed by atoms with E-state index in [1.54, 1.807) is 0 Å². The third kappa shape index (κ3) is 1.38. The summed E-state index contributed by atoms with van der Waals surface area (Å²) in [6.07, 6.45) is 0. The maximum atomic E-state index is 10.6. The number of nitrogens with one attached hydrogen (secondary N) is 1. The second-order valence-corrected chi connectivity index (χ2v) is 3.71. The summed E-state index contributed by atoms with van der Waals surface area (Å²) in [5, 5.41) is 20.8. The van der Waals surface area contributed by atoms with E-state index < -0.39 is 16.8 Å². The van der Waals surface area contributed by atoms with Crippen molar-refractivity contribution in [1.29, 1.82) is 0 Å². The summed E-state index contributed by atoms with van der Waals surface area (Å²) in [4.78, 5) is 19.7. The highest BCUT2D eigenvalue weighted by Gasteiger charge is 2.39. The van der Waals surface area contributed by atoms with Gasteiger partial charge in [0.05, 0.1) is 0 Å². The smallest absolute Gasteiger partial charge is 0.352 e. The first-order valence-electron chi connectivity index (χ1n) is 3.08. The minimum Gasteiger partial charge on any atom is -0.479 e. The first-order valence-corrected chi connectivity index (χ1v) is 3.96. The van der Waals surface area contributed by atoms with Crippen LogP contribution in [0.4, 0.5) is 0 Å². The average molecular weight is 189 g/mol. The van der Waals surface area contributed by atoms with Crippen molar-refractivity contribution in [2.24, 2.45) is 0 Å². The van der Waals surface area contributed by atoms with Crippen LogP contribution in [0.3, 0.4) is 0 Å². The minimum absolute atomic E-state index is 0.0788. The first kappa shape index (κ1) is 8.92. The van der Waals surface area contributed by atoms with Crippen LogP contribution in [-0.4, -0.2) is 27.0 Å². The maximum absolute atomic E-state index is 10.6. The molecule has 0 radical (unpaired) electrons. The third-order valence-electron chi connectivity index (χ3n) is 1.42. The second kappa shape index (κ2) is 2.71. The van der Waals surface area contributed by atoms with Gasteiger partial charge < -0.3 is 15.5 Å². The first-order chi connectivity index (χ1) is 5.46. The van der Waals surface area contributed by atoms with Gasteiger partial charge in [0.25, 0.3) is 0 Å². The fourth-order valence-corrected chi connectivity index (χ4v) is 1.48. The molecule has 1 aliphatic rings. The summed E-state index contributed by atoms with van der Waals surface area (Å²) in [5.41, 5.74) is -0.0788. The van der Waals surface area contributed by atoms with Gasteiger partial charge in [-0.05, 0) is 6.92 Å². The average Bonchev–Trinajstić information content (AvgIpc) is 2.33. The Balaban J connectivity index is 2.75. The largest absolute Gasteiger partial charge is 0.479 e. The number of carboxylic acid groups (broad SMARTS) is 2. The Labute approximate surface area is 72.5 Å². The van der Waals surface area contributed by atoms with Crippen LogP contribution in [-0.2, 0) is 9.59 Å². The summed E-state index contributed by atoms with van der Waals surface area (Å²) >= 11 is 0.936. The quantitative estimate of drug-likeness (QED) is 0.569. The molecular weight excluding hydrogens is 182 g/mol. The predicted molar refractivity (Wildman–Crippen MR) is 42.5 cm³/mol. The van der Waals surface area contributed by atoms with Crippen molar-refractivity contribution < 1.29 is 19.8 Å². The van der Waals surface area contributed by atoms with E-state index >= 15 is 0 Å². The number of carbonyl (C=O) groups is 2. The Morgan fingerprint density at radius 2 is 2.17 bits per heavy atom. The van der Waals surface area contributed by atoms with E-state index in [4.69, 9.17) is 10.2 Å². The Morgan fingerprint density at radius 1 is 1.58 bits per heavy atom. The van der Waals surface area contributed by atoms with Crippen LogP contribution in [0.5, 0.6) is 0 Å². The van der Waals surface area contributed by atoms with Crippen LogP contribution in [0.2, 0.25) is 0 Å². The Morgan fingerprint density at radius 3 is 2.42 bits per heavy atom. The monoisotopic (exact) mass is 189 g/mol. The highest BCUT2D eigenvalue weighted by atomic mass is 32.2. The molecule has 0 aliphatic carbocycles. The molecule has 1 heterocycles. The summed E-state index contributed by atoms with van der Waals surface area (Å²) in [7, 11) is 0. The molecule has 66 valence electrons. The molecule has 1 atom stereocenters. The fraction of sp³-hybridized carbons (Fsp3) is 0.333. The lowest BCUT2D eigenvalue weighted by Gasteiger charge is -2.18. The Kier molecular flexibility index (Phi) is 2.01. The lowest BCUT2D eigenvalue weighted by atomic mass is 10.3. The molecule has 0 aromatic carbocycles. The van der Waals surface area contributed by atoms with Gasteiger partial charge in [-0.25, -0.2) is 9.59 Å². The van der Waals surface area contributed by atoms with E-state index in [0.29, 0.717) is 0 Å². The molecule has 6 heteroatoms. The molecule has 3 N–H and O–H groups in total. The number of hydrogen-bond donors (Lipinski definition) is 3. The number of rotatable bonds is 2. The van der Waals surface area contributed by atoms with Crippen molar-refractivity contribution in [2.75, 3.05) is 0 Å². The number of hydrogen-bond acceptors (Lipinski definition) is 4. The zero-order chi connectivity index (χ0) is 9.35. The standard InChI is InChI=1S/C6H7NO4S/c1-6(5(10)11)7-3(2-12-6)4(8)9/h2,7H,1H3,(H,8,9)(H,10,11). The van der Waals surface area contributed by atoms with Gasteiger partial charge in [0.2, 0.25) is 0 Å². The summed E-state index contributed by atoms with van der Waals surface area (Å²) in [6.45, 7) is 1.41. The lowest BCUT2D eigenvalue weighted by molar-refractivity contribution is -0.140. The van der Waals surface area contributed by atoms with E-state index in [9.17, 15) is 9.59 Å². The van der Waals surface area contributed by atoms with E-state index in [-0.39, 0.29) is 5.70 Å². The molecule has 0 bridgehead atoms. The van der Waals surface area contributed by atoms with Crippen LogP contribution in [0.1, 0.15) is 6.92 Å². The van der Waals surface area contributed by atoms with Crippen LogP contribution >= 0.6 is 11.8 Å². The molecule has 12 heavy (non-hydrogen) atoms. The van der Waals surface area contributed by atoms with Crippen molar-refractivity contribution in [1.82, 2.24) is 5.32 Å². The van der Waals surface area contributed by atoms with Gasteiger partial charge in [0.1, 0.15) is 5.70 Å². The van der Waals surface area contributed by atoms with Gasteiger partial charge in [-0.15, -0.1) is 0 Å². The Hall–Kier alpha value is -1.17. The molecule has 0 saturated heterocycles. The number of thioether (sulfide) groups is 1. The van der Waals surface area contributed by atoms with E-state index in [2.05, 4.69) is 5.32 Å². The molecule has 0 spiro atoms. The summed E-state index contributed by atoms with van der Waals surface area (Å²) in [5.74, 6) is -2.23. The van der Waals surface area contributed by atoms with Gasteiger partial charge in [0, 0.05) is 5.41 Å². The van der Waals surface area contributed by atoms with Crippen LogP contribution in [0.25, 0.3) is 0 Å². The zero-order valence-electron chi connectivity index (χ0n) is 6.20. The lowest BCUT2D eigenvalue weighted by Crippen LogP contribution is -2.43. The van der Waals surface area contributed by atoms with E-state index in [1.807, 2.05) is 0 Å². The van der Waals surface area contributed by atoms with Crippen molar-refractivity contribution in [2.45, 2.75) is 11.8 Å². The Bertz CT molecular complexity index is 275. The number of aliphatic carboxylic acids is 2. The van der Waals surface area contributed by atoms with Crippen molar-refractivity contribution in [3.63, 3.8) is 0 Å². The van der Waals surface area contributed by atoms with Crippen molar-refractivity contribution in [3.8, 4) is 0 Å². The molecule has 5 nitrogen and oxygen atoms in total. The maximum Gasteiger partial charge on any atom is 0.352 e. The van der Waals surface area contributed by atoms with E-state index in [1.165, 1.54) is 12.3 Å². The number of carboxylic acids is 2. The van der Waals surface area contributed by atoms with Crippen LogP contribution in [0, 0.1) is 0 Å². The van der Waals surface area contributed by atoms with Crippen molar-refractivity contribution >= 4 is 23.7 Å². The molecule has 1 aliphatic heterocycles. The predicted octanol–water partition coefficient (Wildman–Crippen LogP) is 0.0496. The van der Waals surface area contributed by atoms with Crippen LogP contribution < -0.4 is 5.32 Å². The van der Waals surface area contributed by atoms with Gasteiger partial charge in [-0.2, -0.15) is 0 Å². The highest BCUT2D eigenvalue weighted by molar-refractivity contribution is 8.04. The molecule has 0 fully saturated rings. The van der Waals surface area contributed by atoms with Crippen LogP contribution in [0.15, 0.2) is 11.1 Å². The SMILES string of the molecule is CC1(C(=O)O)NC(C(=O)O)=CS1. The highest BCUT2D eigenvalue weighted by Crippen LogP contribution is 2.31. The van der Waals surface area contributed by atoms with Gasteiger partial charge in [0.15, 0.2) is 4.87 Å². The molecular formula is C6H7NO4S. The molecule has 1 unspecified atom stereocenters. The minimum atomic E-state index is -1.24. The normalized spacial score (nSPS) is 27.6. The molecule has 0 aromatic rings. The summed E-state index contributed by atoms with van der Waals surface area (Å²) < 4.78 is 0. The molecule has 1 rings (SSSR count). The van der Waals surface area contributed by atoms with Gasteiger partial charge >= 0.3 is 11.9 Å². The summed E-state index contributed by atoms with van der Waals surface area (Å²) in [6, 6.07) is 0. The zero-order valence-corrected chi connectivity index (χ0v) is 7.01. The van der Waals surface area contributed by atoms with Gasteiger partial charge in [-0.1, -0.05) is 11.8 Å². The van der Waals surface area contributed by atoms with E-state index in [0.717, 1.165) is 11.8 Å². The molecule has 0 aromatic heterocycles. The van der Waals surface area contributed by atoms with Crippen molar-refractivity contribution in [3.05, 3.63) is 11.1 Å². The second-order valence-electron chi connectivity index (χ2n) is 2.42.